The summed E-state index contributed by atoms with van der Waals surface area (Å²) in [5.74, 6) is 0.270. The molecule has 1 heterocycles. The number of H-pyrrole nitrogens is 1. The van der Waals surface area contributed by atoms with E-state index >= 15 is 0 Å². The summed E-state index contributed by atoms with van der Waals surface area (Å²) in [5, 5.41) is 16.3. The van der Waals surface area contributed by atoms with Gasteiger partial charge in [0.15, 0.2) is 0 Å². The summed E-state index contributed by atoms with van der Waals surface area (Å²) in [6.07, 6.45) is 4.25. The standard InChI is InChI=1S/C18H27N3O2/c1-13(10-14(2)22)11-21-18(23)19-9-5-6-15-12-20-17-8-4-3-7-16(15)17/h3-4,7-8,12-14,20,22H,5-6,9-11H2,1-2H3,(H2,19,21,23). The molecule has 126 valence electrons. The Labute approximate surface area is 137 Å². The summed E-state index contributed by atoms with van der Waals surface area (Å²) in [4.78, 5) is 15.0. The summed E-state index contributed by atoms with van der Waals surface area (Å²) < 4.78 is 0. The Bertz CT molecular complexity index is 622. The fourth-order valence-corrected chi connectivity index (χ4v) is 2.81. The van der Waals surface area contributed by atoms with E-state index in [2.05, 4.69) is 27.8 Å². The number of aryl methyl sites for hydroxylation is 1. The highest BCUT2D eigenvalue weighted by atomic mass is 16.3. The van der Waals surface area contributed by atoms with E-state index in [1.54, 1.807) is 6.92 Å². The third-order valence-corrected chi connectivity index (χ3v) is 3.94. The Morgan fingerprint density at radius 2 is 2.04 bits per heavy atom. The number of aliphatic hydroxyl groups excluding tert-OH is 1. The first-order valence-corrected chi connectivity index (χ1v) is 8.31. The van der Waals surface area contributed by atoms with Gasteiger partial charge in [0.1, 0.15) is 0 Å². The van der Waals surface area contributed by atoms with Crippen LogP contribution in [0, 0.1) is 5.92 Å². The largest absolute Gasteiger partial charge is 0.393 e. The number of fused-ring (bicyclic) bond motifs is 1. The number of carbonyl (C=O) groups is 1. The third-order valence-electron chi connectivity index (χ3n) is 3.94. The minimum Gasteiger partial charge on any atom is -0.393 e. The molecule has 5 nitrogen and oxygen atoms in total. The molecule has 4 N–H and O–H groups in total. The van der Waals surface area contributed by atoms with Gasteiger partial charge >= 0.3 is 6.03 Å². The van der Waals surface area contributed by atoms with Crippen molar-refractivity contribution >= 4 is 16.9 Å². The van der Waals surface area contributed by atoms with Gasteiger partial charge in [-0.05, 0) is 43.7 Å². The Morgan fingerprint density at radius 1 is 1.26 bits per heavy atom. The van der Waals surface area contributed by atoms with Crippen molar-refractivity contribution in [2.75, 3.05) is 13.1 Å². The topological polar surface area (TPSA) is 77.2 Å². The lowest BCUT2D eigenvalue weighted by molar-refractivity contribution is 0.163. The van der Waals surface area contributed by atoms with Crippen LogP contribution in [0.25, 0.3) is 10.9 Å². The van der Waals surface area contributed by atoms with E-state index in [-0.39, 0.29) is 18.1 Å². The minimum atomic E-state index is -0.328. The number of urea groups is 1. The molecule has 0 aliphatic heterocycles. The molecule has 0 radical (unpaired) electrons. The van der Waals surface area contributed by atoms with Crippen LogP contribution in [0.5, 0.6) is 0 Å². The van der Waals surface area contributed by atoms with Gasteiger partial charge in [0.05, 0.1) is 6.10 Å². The summed E-state index contributed by atoms with van der Waals surface area (Å²) in [5.41, 5.74) is 2.44. The third kappa shape index (κ3) is 5.60. The SMILES string of the molecule is CC(O)CC(C)CNC(=O)NCCCc1c[nH]c2ccccc12. The van der Waals surface area contributed by atoms with Crippen LogP contribution in [0.4, 0.5) is 4.79 Å². The fourth-order valence-electron chi connectivity index (χ4n) is 2.81. The second kappa shape index (κ2) is 8.58. The van der Waals surface area contributed by atoms with E-state index in [4.69, 9.17) is 0 Å². The van der Waals surface area contributed by atoms with Crippen LogP contribution >= 0.6 is 0 Å². The Hall–Kier alpha value is -2.01. The van der Waals surface area contributed by atoms with E-state index in [9.17, 15) is 9.90 Å². The smallest absolute Gasteiger partial charge is 0.314 e. The summed E-state index contributed by atoms with van der Waals surface area (Å²) in [7, 11) is 0. The predicted molar refractivity (Wildman–Crippen MR) is 93.5 cm³/mol. The molecule has 2 amide bonds. The minimum absolute atomic E-state index is 0.138. The van der Waals surface area contributed by atoms with Crippen molar-refractivity contribution < 1.29 is 9.90 Å². The molecule has 0 bridgehead atoms. The number of amides is 2. The zero-order valence-corrected chi connectivity index (χ0v) is 13.9. The molecule has 23 heavy (non-hydrogen) atoms. The molecule has 0 fully saturated rings. The molecule has 2 atom stereocenters. The molecular weight excluding hydrogens is 290 g/mol. The zero-order valence-electron chi connectivity index (χ0n) is 13.9. The molecule has 1 aromatic heterocycles. The van der Waals surface area contributed by atoms with Crippen molar-refractivity contribution in [3.8, 4) is 0 Å². The maximum atomic E-state index is 11.7. The number of aliphatic hydroxyl groups is 1. The van der Waals surface area contributed by atoms with Crippen LogP contribution in [-0.4, -0.2) is 35.3 Å². The van der Waals surface area contributed by atoms with Gasteiger partial charge in [-0.2, -0.15) is 0 Å². The van der Waals surface area contributed by atoms with Crippen molar-refractivity contribution in [2.24, 2.45) is 5.92 Å². The van der Waals surface area contributed by atoms with Gasteiger partial charge in [0, 0.05) is 30.2 Å². The molecule has 0 saturated heterocycles. The van der Waals surface area contributed by atoms with Gasteiger partial charge in [-0.3, -0.25) is 0 Å². The molecule has 0 spiro atoms. The number of aromatic nitrogens is 1. The molecule has 2 unspecified atom stereocenters. The van der Waals surface area contributed by atoms with Crippen molar-refractivity contribution in [3.05, 3.63) is 36.0 Å². The number of rotatable bonds is 8. The number of para-hydroxylation sites is 1. The Balaban J connectivity index is 1.64. The first-order chi connectivity index (χ1) is 11.1. The number of aromatic amines is 1. The maximum Gasteiger partial charge on any atom is 0.314 e. The fraction of sp³-hybridized carbons (Fsp3) is 0.500. The predicted octanol–water partition coefficient (Wildman–Crippen LogP) is 2.81. The maximum absolute atomic E-state index is 11.7. The lowest BCUT2D eigenvalue weighted by Crippen LogP contribution is -2.38. The normalized spacial score (nSPS) is 13.7. The molecule has 0 aliphatic carbocycles. The highest BCUT2D eigenvalue weighted by Gasteiger charge is 2.08. The van der Waals surface area contributed by atoms with Gasteiger partial charge in [-0.25, -0.2) is 4.79 Å². The quantitative estimate of drug-likeness (QED) is 0.565. The first kappa shape index (κ1) is 17.3. The lowest BCUT2D eigenvalue weighted by atomic mass is 10.1. The van der Waals surface area contributed by atoms with E-state index in [1.807, 2.05) is 25.3 Å². The second-order valence-corrected chi connectivity index (χ2v) is 6.29. The van der Waals surface area contributed by atoms with E-state index in [1.165, 1.54) is 10.9 Å². The number of benzene rings is 1. The van der Waals surface area contributed by atoms with E-state index in [0.717, 1.165) is 18.4 Å². The van der Waals surface area contributed by atoms with Gasteiger partial charge in [0.25, 0.3) is 0 Å². The van der Waals surface area contributed by atoms with Crippen LogP contribution in [-0.2, 0) is 6.42 Å². The number of nitrogens with one attached hydrogen (secondary N) is 3. The van der Waals surface area contributed by atoms with Gasteiger partial charge < -0.3 is 20.7 Å². The summed E-state index contributed by atoms with van der Waals surface area (Å²) in [6, 6.07) is 8.11. The average Bonchev–Trinajstić information content (AvgIpc) is 2.92. The van der Waals surface area contributed by atoms with E-state index in [0.29, 0.717) is 19.5 Å². The van der Waals surface area contributed by atoms with Crippen LogP contribution in [0.1, 0.15) is 32.3 Å². The highest BCUT2D eigenvalue weighted by Crippen LogP contribution is 2.18. The van der Waals surface area contributed by atoms with Crippen LogP contribution in [0.2, 0.25) is 0 Å². The molecule has 1 aromatic carbocycles. The Kier molecular flexibility index (Phi) is 6.47. The van der Waals surface area contributed by atoms with E-state index < -0.39 is 0 Å². The van der Waals surface area contributed by atoms with Crippen molar-refractivity contribution in [3.63, 3.8) is 0 Å². The van der Waals surface area contributed by atoms with Crippen molar-refractivity contribution in [2.45, 2.75) is 39.2 Å². The van der Waals surface area contributed by atoms with Crippen LogP contribution in [0.3, 0.4) is 0 Å². The number of carbonyl (C=O) groups excluding carboxylic acids is 1. The first-order valence-electron chi connectivity index (χ1n) is 8.31. The second-order valence-electron chi connectivity index (χ2n) is 6.29. The zero-order chi connectivity index (χ0) is 16.7. The van der Waals surface area contributed by atoms with Crippen molar-refractivity contribution in [1.29, 1.82) is 0 Å². The molecule has 2 rings (SSSR count). The van der Waals surface area contributed by atoms with Crippen LogP contribution in [0.15, 0.2) is 30.5 Å². The van der Waals surface area contributed by atoms with Gasteiger partial charge in [0.2, 0.25) is 0 Å². The lowest BCUT2D eigenvalue weighted by Gasteiger charge is -2.14. The monoisotopic (exact) mass is 317 g/mol. The van der Waals surface area contributed by atoms with Crippen molar-refractivity contribution in [1.82, 2.24) is 15.6 Å². The molecule has 2 aromatic rings. The molecule has 5 heteroatoms. The number of hydrogen-bond donors (Lipinski definition) is 4. The highest BCUT2D eigenvalue weighted by molar-refractivity contribution is 5.83. The summed E-state index contributed by atoms with van der Waals surface area (Å²) >= 11 is 0. The molecular formula is C18H27N3O2. The van der Waals surface area contributed by atoms with Gasteiger partial charge in [-0.15, -0.1) is 0 Å². The number of hydrogen-bond acceptors (Lipinski definition) is 2. The average molecular weight is 317 g/mol. The van der Waals surface area contributed by atoms with Crippen LogP contribution < -0.4 is 10.6 Å². The van der Waals surface area contributed by atoms with Gasteiger partial charge in [-0.1, -0.05) is 25.1 Å². The molecule has 0 aliphatic rings. The molecule has 0 saturated carbocycles. The summed E-state index contributed by atoms with van der Waals surface area (Å²) in [6.45, 7) is 5.01. The Morgan fingerprint density at radius 3 is 2.83 bits per heavy atom.